The van der Waals surface area contributed by atoms with E-state index < -0.39 is 0 Å². The van der Waals surface area contributed by atoms with Crippen LogP contribution in [0, 0.1) is 46.3 Å². The predicted molar refractivity (Wildman–Crippen MR) is 195 cm³/mol. The van der Waals surface area contributed by atoms with Gasteiger partial charge < -0.3 is 21.1 Å². The Bertz CT molecular complexity index is 970. The van der Waals surface area contributed by atoms with Gasteiger partial charge in [0.25, 0.3) is 0 Å². The number of nitrogens with zero attached hydrogens (tertiary/aromatic N) is 1. The van der Waals surface area contributed by atoms with E-state index in [0.29, 0.717) is 18.5 Å². The quantitative estimate of drug-likeness (QED) is 0.202. The molecule has 0 unspecified atom stereocenters. The number of hydrogen-bond acceptors (Lipinski definition) is 4. The number of ether oxygens (including phenoxy) is 1. The van der Waals surface area contributed by atoms with Crippen LogP contribution in [0.2, 0.25) is 0 Å². The van der Waals surface area contributed by atoms with E-state index in [2.05, 4.69) is 40.7 Å². The minimum absolute atomic E-state index is 0. The van der Waals surface area contributed by atoms with Crippen molar-refractivity contribution in [1.29, 1.82) is 0 Å². The Labute approximate surface area is 290 Å². The highest BCUT2D eigenvalue weighted by Gasteiger charge is 2.59. The maximum Gasteiger partial charge on any atom is 0.410 e. The van der Waals surface area contributed by atoms with Gasteiger partial charge in [-0.25, -0.2) is 4.79 Å². The molecule has 7 heteroatoms. The summed E-state index contributed by atoms with van der Waals surface area (Å²) in [6, 6.07) is 0. The van der Waals surface area contributed by atoms with Crippen molar-refractivity contribution in [2.45, 2.75) is 163 Å². The average Bonchev–Trinajstić information content (AvgIpc) is 3.24. The molecule has 0 aliphatic heterocycles. The number of fused-ring (bicyclic) bond motifs is 5. The van der Waals surface area contributed by atoms with Crippen molar-refractivity contribution < 1.29 is 9.53 Å². The normalized spacial score (nSPS) is 33.5. The summed E-state index contributed by atoms with van der Waals surface area (Å²) in [4.78, 5) is 15.3. The van der Waals surface area contributed by atoms with Gasteiger partial charge in [-0.05, 0) is 132 Å². The molecular weight excluding hydrogens is 601 g/mol. The van der Waals surface area contributed by atoms with Crippen LogP contribution in [0.3, 0.4) is 0 Å². The summed E-state index contributed by atoms with van der Waals surface area (Å²) < 4.78 is 6.25. The van der Waals surface area contributed by atoms with Crippen LogP contribution >= 0.6 is 24.8 Å². The Hall–Kier alpha value is -0.490. The Morgan fingerprint density at radius 1 is 0.933 bits per heavy atom. The minimum Gasteiger partial charge on any atom is -0.446 e. The zero-order chi connectivity index (χ0) is 31.8. The van der Waals surface area contributed by atoms with Gasteiger partial charge in [-0.2, -0.15) is 0 Å². The number of rotatable bonds is 12. The molecule has 45 heavy (non-hydrogen) atoms. The van der Waals surface area contributed by atoms with Crippen molar-refractivity contribution in [2.75, 3.05) is 13.1 Å². The Morgan fingerprint density at radius 2 is 1.56 bits per heavy atom. The average molecular weight is 673 g/mol. The third-order valence-electron chi connectivity index (χ3n) is 12.8. The molecule has 0 heterocycles. The number of carbonyl (C=O) groups is 1. The first-order valence-corrected chi connectivity index (χ1v) is 18.2. The zero-order valence-corrected chi connectivity index (χ0v) is 32.1. The number of nitrogens with two attached hydrogens (primary N) is 2. The van der Waals surface area contributed by atoms with Gasteiger partial charge in [0, 0.05) is 30.6 Å². The van der Waals surface area contributed by atoms with Crippen LogP contribution < -0.4 is 11.5 Å². The highest BCUT2D eigenvalue weighted by atomic mass is 35.5. The standard InChI is InChI=1S/C38H69N3O2.2ClH/c1-26(2)11-10-12-27(3)31-15-16-32-30-14-13-28-25-29(17-19-37(28,8)33(30)18-20-38(31,32)9)43-34(42)41(23-21-35(4,5)39)24-22-36(6,7)40;;/h13,26-27,29-33H,10-12,14-25,39-40H2,1-9H3;2*1H/t27-,29+,30+,31-,32+,33+,37+,38-;;/m1../s1. The fourth-order valence-corrected chi connectivity index (χ4v) is 10.1. The van der Waals surface area contributed by atoms with Gasteiger partial charge in [0.15, 0.2) is 0 Å². The first-order chi connectivity index (χ1) is 19.9. The number of amides is 1. The number of halogens is 2. The van der Waals surface area contributed by atoms with Gasteiger partial charge in [0.2, 0.25) is 0 Å². The predicted octanol–water partition coefficient (Wildman–Crippen LogP) is 9.93. The van der Waals surface area contributed by atoms with Gasteiger partial charge in [-0.3, -0.25) is 0 Å². The Balaban J connectivity index is 0.00000353. The molecule has 0 aromatic carbocycles. The van der Waals surface area contributed by atoms with Crippen LogP contribution in [0.25, 0.3) is 0 Å². The summed E-state index contributed by atoms with van der Waals surface area (Å²) >= 11 is 0. The maximum absolute atomic E-state index is 13.5. The lowest BCUT2D eigenvalue weighted by atomic mass is 9.47. The molecule has 0 radical (unpaired) electrons. The summed E-state index contributed by atoms with van der Waals surface area (Å²) in [5.74, 6) is 5.06. The van der Waals surface area contributed by atoms with Crippen LogP contribution in [0.4, 0.5) is 4.79 Å². The third-order valence-corrected chi connectivity index (χ3v) is 12.8. The van der Waals surface area contributed by atoms with E-state index in [0.717, 1.165) is 67.6 Å². The second kappa shape index (κ2) is 15.8. The molecule has 3 saturated carbocycles. The van der Waals surface area contributed by atoms with Gasteiger partial charge in [0.1, 0.15) is 6.10 Å². The van der Waals surface area contributed by atoms with Crippen molar-refractivity contribution in [3.63, 3.8) is 0 Å². The molecule has 3 fully saturated rings. The summed E-state index contributed by atoms with van der Waals surface area (Å²) in [6.45, 7) is 21.8. The van der Waals surface area contributed by atoms with E-state index in [-0.39, 0.29) is 53.5 Å². The molecule has 0 saturated heterocycles. The van der Waals surface area contributed by atoms with Crippen molar-refractivity contribution >= 4 is 30.9 Å². The molecule has 1 amide bonds. The third kappa shape index (κ3) is 9.79. The zero-order valence-electron chi connectivity index (χ0n) is 30.5. The Kier molecular flexibility index (Phi) is 14.3. The molecule has 4 aliphatic carbocycles. The molecule has 0 bridgehead atoms. The van der Waals surface area contributed by atoms with Crippen LogP contribution in [0.15, 0.2) is 11.6 Å². The number of carbonyl (C=O) groups excluding carboxylic acids is 1. The lowest BCUT2D eigenvalue weighted by Crippen LogP contribution is -2.51. The van der Waals surface area contributed by atoms with Gasteiger partial charge in [-0.15, -0.1) is 24.8 Å². The van der Waals surface area contributed by atoms with Gasteiger partial charge >= 0.3 is 6.09 Å². The molecule has 4 rings (SSSR count). The van der Waals surface area contributed by atoms with Crippen molar-refractivity contribution in [1.82, 2.24) is 4.90 Å². The lowest BCUT2D eigenvalue weighted by Gasteiger charge is -2.58. The molecule has 4 N–H and O–H groups in total. The molecule has 0 aromatic rings. The molecule has 8 atom stereocenters. The maximum atomic E-state index is 13.5. The van der Waals surface area contributed by atoms with Gasteiger partial charge in [-0.1, -0.05) is 65.5 Å². The fraction of sp³-hybridized carbons (Fsp3) is 0.921. The molecule has 0 aromatic heterocycles. The highest BCUT2D eigenvalue weighted by molar-refractivity contribution is 5.85. The lowest BCUT2D eigenvalue weighted by molar-refractivity contribution is -0.0594. The van der Waals surface area contributed by atoms with Crippen LogP contribution in [0.1, 0.15) is 146 Å². The van der Waals surface area contributed by atoms with Crippen LogP contribution in [-0.4, -0.2) is 41.3 Å². The summed E-state index contributed by atoms with van der Waals surface area (Å²) in [5, 5.41) is 0. The fourth-order valence-electron chi connectivity index (χ4n) is 10.1. The molecule has 0 spiro atoms. The van der Waals surface area contributed by atoms with Crippen LogP contribution in [0.5, 0.6) is 0 Å². The SMILES string of the molecule is CC(C)CCC[C@@H](C)[C@H]1CC[C@H]2[C@@H]3CC=C4C[C@@H](OC(=O)N(CCC(C)(C)N)CCC(C)(C)N)CC[C@]4(C)[C@H]3CC[C@]12C.Cl.Cl. The van der Waals surface area contributed by atoms with E-state index in [1.807, 2.05) is 32.6 Å². The summed E-state index contributed by atoms with van der Waals surface area (Å²) in [6.07, 6.45) is 18.0. The van der Waals surface area contributed by atoms with Gasteiger partial charge in [0.05, 0.1) is 0 Å². The monoisotopic (exact) mass is 671 g/mol. The number of hydrogen-bond donors (Lipinski definition) is 2. The molecule has 5 nitrogen and oxygen atoms in total. The summed E-state index contributed by atoms with van der Waals surface area (Å²) in [5.41, 5.74) is 14.3. The number of allylic oxidation sites excluding steroid dienone is 1. The highest BCUT2D eigenvalue weighted by Crippen LogP contribution is 2.67. The van der Waals surface area contributed by atoms with Crippen LogP contribution in [-0.2, 0) is 4.74 Å². The van der Waals surface area contributed by atoms with E-state index in [9.17, 15) is 4.79 Å². The Morgan fingerprint density at radius 3 is 2.13 bits per heavy atom. The van der Waals surface area contributed by atoms with E-state index >= 15 is 0 Å². The van der Waals surface area contributed by atoms with Crippen molar-refractivity contribution in [3.8, 4) is 0 Å². The smallest absolute Gasteiger partial charge is 0.410 e. The van der Waals surface area contributed by atoms with E-state index in [4.69, 9.17) is 16.2 Å². The van der Waals surface area contributed by atoms with E-state index in [1.165, 1.54) is 51.4 Å². The molecule has 264 valence electrons. The topological polar surface area (TPSA) is 81.6 Å². The largest absolute Gasteiger partial charge is 0.446 e. The second-order valence-electron chi connectivity index (χ2n) is 18.0. The van der Waals surface area contributed by atoms with Crippen molar-refractivity contribution in [3.05, 3.63) is 11.6 Å². The van der Waals surface area contributed by atoms with E-state index in [1.54, 1.807) is 5.57 Å². The summed E-state index contributed by atoms with van der Waals surface area (Å²) in [7, 11) is 0. The molecular formula is C38H71Cl2N3O2. The first-order valence-electron chi connectivity index (χ1n) is 18.2. The molecule has 4 aliphatic rings. The van der Waals surface area contributed by atoms with Crippen molar-refractivity contribution in [2.24, 2.45) is 57.8 Å². The second-order valence-corrected chi connectivity index (χ2v) is 18.0. The minimum atomic E-state index is -0.325. The first kappa shape index (κ1) is 40.7.